The van der Waals surface area contributed by atoms with Gasteiger partial charge in [0.15, 0.2) is 0 Å². The summed E-state index contributed by atoms with van der Waals surface area (Å²) in [6.45, 7) is 1.28. The molecule has 18 rings (SSSR count). The van der Waals surface area contributed by atoms with Gasteiger partial charge in [-0.15, -0.1) is 64.8 Å². The number of hydrogen-bond donors (Lipinski definition) is 22. The molecule has 22 N–H and O–H groups in total. The Morgan fingerprint density at radius 1 is 0.321 bits per heavy atom. The smallest absolute Gasteiger partial charge is 0.388 e. The van der Waals surface area contributed by atoms with E-state index in [1.54, 1.807) is 73.0 Å². The van der Waals surface area contributed by atoms with Gasteiger partial charge < -0.3 is 88.5 Å². The van der Waals surface area contributed by atoms with Crippen LogP contribution in [0.5, 0.6) is 0 Å². The summed E-state index contributed by atoms with van der Waals surface area (Å²) in [5.74, 6) is -0.747. The zero-order chi connectivity index (χ0) is 99.3. The van der Waals surface area contributed by atoms with Crippen LogP contribution in [0.2, 0.25) is 0 Å². The van der Waals surface area contributed by atoms with Gasteiger partial charge in [-0.1, -0.05) is 20.5 Å². The van der Waals surface area contributed by atoms with Gasteiger partial charge in [-0.3, -0.25) is 65.0 Å². The maximum atomic E-state index is 13.1. The van der Waals surface area contributed by atoms with Crippen LogP contribution in [0.4, 0.5) is 0 Å². The van der Waals surface area contributed by atoms with Crippen molar-refractivity contribution >= 4 is 89.8 Å². The number of rotatable bonds is 0. The molecule has 140 heavy (non-hydrogen) atoms. The van der Waals surface area contributed by atoms with E-state index in [-0.39, 0.29) is 164 Å². The summed E-state index contributed by atoms with van der Waals surface area (Å²) >= 11 is 2.47. The fraction of sp³-hybridized carbons (Fsp3) is 0.897. The summed E-state index contributed by atoms with van der Waals surface area (Å²) in [4.78, 5) is 116. The minimum absolute atomic E-state index is 0.0349. The molecule has 18 fully saturated rings. The van der Waals surface area contributed by atoms with Crippen molar-refractivity contribution in [2.24, 2.45) is 0 Å². The van der Waals surface area contributed by atoms with Gasteiger partial charge in [0.1, 0.15) is 123 Å². The van der Waals surface area contributed by atoms with Crippen LogP contribution in [0, 0.1) is 0 Å². The standard InChI is InChI=1S/2C29H59N21O17P2S/c1-19-26(54)29-24(65-19)15-64-68(56,57)62-11-8-21(51)6-5-7-22(52)16-70-13-9-25(53)30-10-12-63-69(58,59)67-28-20(2)66-23(27(28)55)14-60-17-39-40(18-61-29)41-33-31-32-34-43-44(36-35-42(39)41)48-47(43)49-45-37(3)38(4)46(45)50(48)49;1-19-26(54)28-24(66-19)15-64-68(56,57)62-11-8-21(51)6-5-7-22(52)16-70-13-9-25(53)30-10-12-63-69(58,59)67-29-23(65-20(2)27(29)55)14-60-17-39-40(18-61-28)41-33-31-32-34-43-44(36-35-42(39)41)48-47(43)49-45-37(3)38(4)46(45)50(48)49/h2*19-20,23-24,26-29,31-36,54-55H,5-18H2,1-4H3,(H,30,53)(H,56,57)(H,58,59)/t19?,20-,23?,24?,26?,27?,28-,29?;19?,20-,23?,24?,26?,27-,28?,29?/m00/s1. The molecule has 0 aromatic heterocycles. The van der Waals surface area contributed by atoms with E-state index < -0.39 is 169 Å². The Balaban J connectivity index is 0.000000193. The van der Waals surface area contributed by atoms with Gasteiger partial charge in [0.25, 0.3) is 0 Å². The molecule has 18 aliphatic rings. The van der Waals surface area contributed by atoms with Crippen molar-refractivity contribution in [1.29, 1.82) is 0 Å². The number of aliphatic hydroxyl groups is 4. The van der Waals surface area contributed by atoms with Crippen molar-refractivity contribution in [2.45, 2.75) is 190 Å². The molecule has 18 saturated heterocycles. The average Bonchev–Trinajstić information content (AvgIpc) is 0.690. The first kappa shape index (κ1) is 108. The number of phosphoric ester groups is 4. The molecular weight excluding hydrogens is 2020 g/mol. The van der Waals surface area contributed by atoms with E-state index in [1.807, 2.05) is 59.1 Å². The maximum Gasteiger partial charge on any atom is 0.472 e. The molecule has 0 aromatic carbocycles. The van der Waals surface area contributed by atoms with Gasteiger partial charge in [0.2, 0.25) is 11.8 Å². The number of thioether (sulfide) groups is 2. The Morgan fingerprint density at radius 2 is 0.643 bits per heavy atom. The maximum absolute atomic E-state index is 13.1. The first-order chi connectivity index (χ1) is 66.9. The second-order valence-electron chi connectivity index (χ2n) is 33.0. The average molecular weight is 2140 g/mol. The normalized spacial score (nSPS) is 40.8. The van der Waals surface area contributed by atoms with Crippen LogP contribution in [-0.2, 0) is 121 Å². The fourth-order valence-electron chi connectivity index (χ4n) is 16.0. The van der Waals surface area contributed by atoms with Crippen LogP contribution < -0.4 is 77.1 Å². The number of aliphatic hydroxyl groups excluding tert-OH is 4. The Bertz CT molecular complexity index is 4510. The molecule has 796 valence electrons. The number of carbonyl (C=O) groups is 6. The zero-order valence-electron chi connectivity index (χ0n) is 76.4. The molecule has 82 heteroatoms. The Morgan fingerprint density at radius 3 is 1.05 bits per heavy atom. The molecule has 76 nitrogen and oxygen atoms in total. The van der Waals surface area contributed by atoms with Crippen LogP contribution in [0.25, 0.3) is 0 Å². The minimum Gasteiger partial charge on any atom is -0.388 e. The Hall–Kier alpha value is -3.32. The van der Waals surface area contributed by atoms with E-state index in [0.717, 1.165) is 0 Å². The lowest BCUT2D eigenvalue weighted by Gasteiger charge is -2.84. The predicted octanol–water partition coefficient (Wildman–Crippen LogP) is -13.7. The molecule has 0 aliphatic carbocycles. The first-order valence-corrected chi connectivity index (χ1v) is 52.3. The highest BCUT2D eigenvalue weighted by Crippen LogP contribution is 2.54. The number of Topliss-reactive ketones (excluding diaryl/α,β-unsaturated/α-hetero) is 4. The van der Waals surface area contributed by atoms with E-state index >= 15 is 0 Å². The number of ether oxygens (including phenoxy) is 8. The topological polar surface area (TPSA) is 739 Å². The predicted molar refractivity (Wildman–Crippen MR) is 447 cm³/mol. The lowest BCUT2D eigenvalue weighted by Crippen LogP contribution is -3.14. The second-order valence-corrected chi connectivity index (χ2v) is 40.9. The van der Waals surface area contributed by atoms with Crippen molar-refractivity contribution in [2.75, 3.05) is 144 Å². The molecule has 0 aromatic rings. The number of ketones is 4. The summed E-state index contributed by atoms with van der Waals surface area (Å²) in [5, 5.41) is 95.0. The molecule has 0 radical (unpaired) electrons. The quantitative estimate of drug-likeness (QED) is 0.100. The highest BCUT2D eigenvalue weighted by molar-refractivity contribution is 8.00. The molecule has 18 aliphatic heterocycles. The minimum atomic E-state index is -4.83. The number of nitrogens with one attached hydrogen (secondary N) is 14. The van der Waals surface area contributed by atoms with Crippen molar-refractivity contribution < 1.29 is 161 Å². The van der Waals surface area contributed by atoms with E-state index in [0.29, 0.717) is 11.5 Å². The van der Waals surface area contributed by atoms with E-state index in [1.165, 1.54) is 92.7 Å². The Kier molecular flexibility index (Phi) is 35.7. The number of nitrogens with zero attached hydrogens (tertiary/aromatic N) is 28. The first-order valence-electron chi connectivity index (χ1n) is 44.0. The number of amides is 2. The summed E-state index contributed by atoms with van der Waals surface area (Å²) in [6, 6.07) is 0. The van der Waals surface area contributed by atoms with Crippen LogP contribution in [0.1, 0.15) is 91.9 Å². The van der Waals surface area contributed by atoms with E-state index in [2.05, 4.69) is 77.1 Å². The molecule has 16 unspecified atom stereocenters. The lowest BCUT2D eigenvalue weighted by molar-refractivity contribution is -0.953. The van der Waals surface area contributed by atoms with Crippen LogP contribution in [0.3, 0.4) is 0 Å². The third kappa shape index (κ3) is 23.4. The third-order valence-electron chi connectivity index (χ3n) is 23.4. The zero-order valence-corrected chi connectivity index (χ0v) is 81.6. The fourth-order valence-corrected chi connectivity index (χ4v) is 21.0. The number of phosphoric acid groups is 4. The monoisotopic (exact) mass is 2130 g/mol. The summed E-state index contributed by atoms with van der Waals surface area (Å²) in [5.41, 5.74) is 34.8. The molecule has 0 spiro atoms. The van der Waals surface area contributed by atoms with Crippen molar-refractivity contribution in [3.63, 3.8) is 0 Å². The third-order valence-corrected chi connectivity index (χ3v) is 29.5. The lowest BCUT2D eigenvalue weighted by atomic mass is 10.1. The van der Waals surface area contributed by atoms with Gasteiger partial charge in [0.05, 0.1) is 88.8 Å². The number of hydrazine groups is 50. The molecule has 2 amide bonds. The number of hydrogen-bond acceptors (Lipinski definition) is 72. The second kappa shape index (κ2) is 46.2. The Labute approximate surface area is 804 Å². The summed E-state index contributed by atoms with van der Waals surface area (Å²) in [7, 11) is -11.6. The summed E-state index contributed by atoms with van der Waals surface area (Å²) < 4.78 is 141. The van der Waals surface area contributed by atoms with Crippen LogP contribution in [0.15, 0.2) is 0 Å². The van der Waals surface area contributed by atoms with Gasteiger partial charge in [-0.25, -0.2) is 18.3 Å². The SMILES string of the molecule is CC1OC2COP(=O)(O)OCCC(=O)CCCC(=O)CSCCC(=O)NCCOP(=O)(O)OC3C(COCN4N(COC2C1O)N1NNNNN2N(NNN41)N1N2N2N4N(C)N(C)N4N12)O[C@@H](C)[C@@H]3O.CC1OC2COP(=O)(O)OCCC(=O)CCCC(=O)CSCCC(=O)NCCOP(=O)(O)O[C@@H]3C(O)C(COCN4N(COC2C1O)N1NNNNN2N(NNN41)N1N2N2N4N(C)N(C)N4N12)O[C@H]3C. The molecule has 2 bridgehead atoms. The molecular formula is C58H118N42O34P4S2. The van der Waals surface area contributed by atoms with Crippen molar-refractivity contribution in [3.05, 3.63) is 0 Å². The molecule has 0 saturated carbocycles. The van der Waals surface area contributed by atoms with E-state index in [4.69, 9.17) is 74.1 Å². The number of carbonyl (C=O) groups excluding carboxylic acids is 6. The molecule has 20 atom stereocenters. The van der Waals surface area contributed by atoms with Gasteiger partial charge >= 0.3 is 31.3 Å². The summed E-state index contributed by atoms with van der Waals surface area (Å²) in [6.07, 6.45) is -17.4. The van der Waals surface area contributed by atoms with Gasteiger partial charge in [-0.2, -0.15) is 45.7 Å². The van der Waals surface area contributed by atoms with Crippen LogP contribution in [-0.4, -0.2) is 462 Å². The largest absolute Gasteiger partial charge is 0.472 e. The van der Waals surface area contributed by atoms with Crippen molar-refractivity contribution in [3.8, 4) is 0 Å². The van der Waals surface area contributed by atoms with Crippen LogP contribution >= 0.6 is 54.8 Å². The number of fused-ring (bicyclic) bond motifs is 33. The van der Waals surface area contributed by atoms with E-state index in [9.17, 15) is 87.0 Å². The van der Waals surface area contributed by atoms with Crippen molar-refractivity contribution in [1.82, 2.24) is 223 Å². The molecule has 18 heterocycles. The van der Waals surface area contributed by atoms with Gasteiger partial charge in [0, 0.05) is 104 Å². The highest BCUT2D eigenvalue weighted by atomic mass is 32.2. The highest BCUT2D eigenvalue weighted by Gasteiger charge is 2.82. The van der Waals surface area contributed by atoms with Gasteiger partial charge in [-0.05, 0) is 145 Å².